The highest BCUT2D eigenvalue weighted by molar-refractivity contribution is 5.77. The lowest BCUT2D eigenvalue weighted by Crippen LogP contribution is -2.05. The van der Waals surface area contributed by atoms with Crippen LogP contribution in [0.3, 0.4) is 0 Å². The Morgan fingerprint density at radius 3 is 3.00 bits per heavy atom. The molecule has 1 aromatic rings. The first kappa shape index (κ1) is 8.71. The summed E-state index contributed by atoms with van der Waals surface area (Å²) in [6.45, 7) is 4.46. The molecule has 0 bridgehead atoms. The lowest BCUT2D eigenvalue weighted by atomic mass is 10.2. The number of pyridine rings is 1. The summed E-state index contributed by atoms with van der Waals surface area (Å²) in [6.07, 6.45) is 3.60. The SMILES string of the molecule is CC(N)=NCc1ccncc1C. The zero-order valence-corrected chi connectivity index (χ0v) is 7.41. The van der Waals surface area contributed by atoms with Gasteiger partial charge in [-0.1, -0.05) is 0 Å². The Morgan fingerprint density at radius 1 is 1.67 bits per heavy atom. The van der Waals surface area contributed by atoms with Gasteiger partial charge < -0.3 is 5.73 Å². The van der Waals surface area contributed by atoms with Crippen molar-refractivity contribution in [3.63, 3.8) is 0 Å². The van der Waals surface area contributed by atoms with Crippen LogP contribution in [0.2, 0.25) is 0 Å². The van der Waals surface area contributed by atoms with E-state index in [1.807, 2.05) is 19.2 Å². The topological polar surface area (TPSA) is 51.3 Å². The molecule has 12 heavy (non-hydrogen) atoms. The quantitative estimate of drug-likeness (QED) is 0.527. The van der Waals surface area contributed by atoms with Crippen LogP contribution in [0.1, 0.15) is 18.1 Å². The van der Waals surface area contributed by atoms with E-state index in [1.54, 1.807) is 13.1 Å². The Hall–Kier alpha value is -1.38. The largest absolute Gasteiger partial charge is 0.388 e. The number of aromatic nitrogens is 1. The summed E-state index contributed by atoms with van der Waals surface area (Å²) in [6, 6.07) is 1.96. The molecular weight excluding hydrogens is 150 g/mol. The fourth-order valence-electron chi connectivity index (χ4n) is 0.889. The Labute approximate surface area is 72.3 Å². The smallest absolute Gasteiger partial charge is 0.0909 e. The molecule has 0 spiro atoms. The third-order valence-electron chi connectivity index (χ3n) is 1.64. The van der Waals surface area contributed by atoms with E-state index < -0.39 is 0 Å². The van der Waals surface area contributed by atoms with Gasteiger partial charge in [-0.25, -0.2) is 0 Å². The van der Waals surface area contributed by atoms with Gasteiger partial charge in [0.15, 0.2) is 0 Å². The fourth-order valence-corrected chi connectivity index (χ4v) is 0.889. The molecule has 0 radical (unpaired) electrons. The summed E-state index contributed by atoms with van der Waals surface area (Å²) < 4.78 is 0. The zero-order valence-electron chi connectivity index (χ0n) is 7.41. The third-order valence-corrected chi connectivity index (χ3v) is 1.64. The van der Waals surface area contributed by atoms with E-state index in [0.29, 0.717) is 12.4 Å². The van der Waals surface area contributed by atoms with Crippen molar-refractivity contribution in [3.05, 3.63) is 29.6 Å². The molecule has 1 rings (SSSR count). The van der Waals surface area contributed by atoms with Crippen molar-refractivity contribution < 1.29 is 0 Å². The first-order valence-corrected chi connectivity index (χ1v) is 3.86. The van der Waals surface area contributed by atoms with Crippen LogP contribution >= 0.6 is 0 Å². The van der Waals surface area contributed by atoms with E-state index in [0.717, 1.165) is 5.56 Å². The molecule has 0 aromatic carbocycles. The molecule has 1 heterocycles. The number of hydrogen-bond donors (Lipinski definition) is 1. The van der Waals surface area contributed by atoms with Gasteiger partial charge in [0.2, 0.25) is 0 Å². The summed E-state index contributed by atoms with van der Waals surface area (Å²) >= 11 is 0. The van der Waals surface area contributed by atoms with Crippen molar-refractivity contribution in [2.45, 2.75) is 20.4 Å². The van der Waals surface area contributed by atoms with Gasteiger partial charge in [0.1, 0.15) is 0 Å². The average molecular weight is 163 g/mol. The van der Waals surface area contributed by atoms with Crippen LogP contribution in [-0.2, 0) is 6.54 Å². The van der Waals surface area contributed by atoms with E-state index in [4.69, 9.17) is 5.73 Å². The monoisotopic (exact) mass is 163 g/mol. The molecule has 0 saturated heterocycles. The first-order chi connectivity index (χ1) is 5.70. The molecular formula is C9H13N3. The average Bonchev–Trinajstić information content (AvgIpc) is 2.03. The van der Waals surface area contributed by atoms with Crippen molar-refractivity contribution >= 4 is 5.84 Å². The van der Waals surface area contributed by atoms with Gasteiger partial charge >= 0.3 is 0 Å². The van der Waals surface area contributed by atoms with Crippen LogP contribution in [0.15, 0.2) is 23.5 Å². The molecule has 3 heteroatoms. The summed E-state index contributed by atoms with van der Waals surface area (Å²) in [5, 5.41) is 0. The summed E-state index contributed by atoms with van der Waals surface area (Å²) in [5.74, 6) is 0.617. The lowest BCUT2D eigenvalue weighted by Gasteiger charge is -2.00. The molecule has 0 aliphatic rings. The molecule has 0 aliphatic heterocycles. The zero-order chi connectivity index (χ0) is 8.97. The van der Waals surface area contributed by atoms with Crippen molar-refractivity contribution in [2.75, 3.05) is 0 Å². The Morgan fingerprint density at radius 2 is 2.42 bits per heavy atom. The van der Waals surface area contributed by atoms with E-state index in [9.17, 15) is 0 Å². The lowest BCUT2D eigenvalue weighted by molar-refractivity contribution is 1.02. The Bertz CT molecular complexity index is 288. The van der Waals surface area contributed by atoms with Crippen LogP contribution in [0.25, 0.3) is 0 Å². The van der Waals surface area contributed by atoms with Crippen LogP contribution in [0.4, 0.5) is 0 Å². The summed E-state index contributed by atoms with van der Waals surface area (Å²) in [5.41, 5.74) is 7.76. The first-order valence-electron chi connectivity index (χ1n) is 3.86. The van der Waals surface area contributed by atoms with Crippen LogP contribution in [0.5, 0.6) is 0 Å². The van der Waals surface area contributed by atoms with Crippen LogP contribution in [-0.4, -0.2) is 10.8 Å². The van der Waals surface area contributed by atoms with Gasteiger partial charge in [0.25, 0.3) is 0 Å². The second kappa shape index (κ2) is 3.85. The highest BCUT2D eigenvalue weighted by atomic mass is 14.8. The maximum absolute atomic E-state index is 5.42. The number of nitrogens with two attached hydrogens (primary N) is 1. The third kappa shape index (κ3) is 2.34. The molecule has 0 atom stereocenters. The molecule has 0 fully saturated rings. The summed E-state index contributed by atoms with van der Waals surface area (Å²) in [7, 11) is 0. The van der Waals surface area contributed by atoms with Gasteiger partial charge in [-0.05, 0) is 31.0 Å². The van der Waals surface area contributed by atoms with E-state index in [2.05, 4.69) is 9.98 Å². The van der Waals surface area contributed by atoms with Gasteiger partial charge in [0.05, 0.1) is 12.4 Å². The summed E-state index contributed by atoms with van der Waals surface area (Å²) in [4.78, 5) is 8.11. The van der Waals surface area contributed by atoms with Crippen molar-refractivity contribution in [2.24, 2.45) is 10.7 Å². The standard InChI is InChI=1S/C9H13N3/c1-7-5-11-4-3-9(7)6-12-8(2)10/h3-5H,6H2,1-2H3,(H2,10,12). The molecule has 3 nitrogen and oxygen atoms in total. The predicted molar refractivity (Wildman–Crippen MR) is 50.0 cm³/mol. The molecule has 2 N–H and O–H groups in total. The van der Waals surface area contributed by atoms with Gasteiger partial charge in [-0.3, -0.25) is 9.98 Å². The molecule has 0 aliphatic carbocycles. The molecule has 0 unspecified atom stereocenters. The number of aliphatic imine (C=N–C) groups is 1. The minimum absolute atomic E-state index is 0.617. The van der Waals surface area contributed by atoms with Crippen LogP contribution in [0, 0.1) is 6.92 Å². The molecule has 0 amide bonds. The van der Waals surface area contributed by atoms with E-state index in [-0.39, 0.29) is 0 Å². The fraction of sp³-hybridized carbons (Fsp3) is 0.333. The van der Waals surface area contributed by atoms with Gasteiger partial charge in [0, 0.05) is 12.4 Å². The number of aryl methyl sites for hydroxylation is 1. The van der Waals surface area contributed by atoms with E-state index in [1.165, 1.54) is 5.56 Å². The number of rotatable bonds is 2. The predicted octanol–water partition coefficient (Wildman–Crippen LogP) is 1.27. The highest BCUT2D eigenvalue weighted by Gasteiger charge is 1.94. The number of hydrogen-bond acceptors (Lipinski definition) is 2. The maximum Gasteiger partial charge on any atom is 0.0909 e. The normalized spacial score (nSPS) is 11.7. The highest BCUT2D eigenvalue weighted by Crippen LogP contribution is 2.05. The van der Waals surface area contributed by atoms with Crippen molar-refractivity contribution in [1.29, 1.82) is 0 Å². The molecule has 0 saturated carbocycles. The Kier molecular flexibility index (Phi) is 2.80. The van der Waals surface area contributed by atoms with Crippen molar-refractivity contribution in [3.8, 4) is 0 Å². The van der Waals surface area contributed by atoms with Gasteiger partial charge in [-0.15, -0.1) is 0 Å². The maximum atomic E-state index is 5.42. The molecule has 64 valence electrons. The number of amidine groups is 1. The van der Waals surface area contributed by atoms with Gasteiger partial charge in [-0.2, -0.15) is 0 Å². The second-order valence-corrected chi connectivity index (χ2v) is 2.76. The Balaban J connectivity index is 2.76. The minimum Gasteiger partial charge on any atom is -0.388 e. The second-order valence-electron chi connectivity index (χ2n) is 2.76. The molecule has 1 aromatic heterocycles. The van der Waals surface area contributed by atoms with E-state index >= 15 is 0 Å². The minimum atomic E-state index is 0.617. The van der Waals surface area contributed by atoms with Crippen LogP contribution < -0.4 is 5.73 Å². The van der Waals surface area contributed by atoms with Crippen molar-refractivity contribution in [1.82, 2.24) is 4.98 Å². The number of nitrogens with zero attached hydrogens (tertiary/aromatic N) is 2.